The van der Waals surface area contributed by atoms with Gasteiger partial charge in [-0.3, -0.25) is 0 Å². The van der Waals surface area contributed by atoms with Gasteiger partial charge < -0.3 is 19.9 Å². The molecule has 1 heterocycles. The number of rotatable bonds is 11. The molecule has 0 unspecified atom stereocenters. The van der Waals surface area contributed by atoms with Crippen LogP contribution < -0.4 is 10.2 Å². The molecule has 1 fully saturated rings. The summed E-state index contributed by atoms with van der Waals surface area (Å²) >= 11 is 0. The number of ether oxygens (including phenoxy) is 1. The Labute approximate surface area is 148 Å². The normalized spacial score (nSPS) is 15.8. The van der Waals surface area contributed by atoms with Gasteiger partial charge in [-0.2, -0.15) is 0 Å². The lowest BCUT2D eigenvalue weighted by molar-refractivity contribution is 0.132. The standard InChI is InChI=1S/C20H35N3O/c1-3-5-6-16-24-17-11-21-18-19-7-9-20(10-8-19)23-14-12-22(4-2)13-15-23/h7-10,21H,3-6,11-18H2,1-2H3. The minimum absolute atomic E-state index is 0.809. The molecule has 0 atom stereocenters. The van der Waals surface area contributed by atoms with Gasteiger partial charge >= 0.3 is 0 Å². The van der Waals surface area contributed by atoms with Crippen LogP contribution in [0.1, 0.15) is 38.7 Å². The number of nitrogens with one attached hydrogen (secondary N) is 1. The SMILES string of the molecule is CCCCCOCCNCc1ccc(N2CCN(CC)CC2)cc1. The van der Waals surface area contributed by atoms with E-state index in [1.807, 2.05) is 0 Å². The molecule has 0 amide bonds. The molecule has 1 aliphatic heterocycles. The van der Waals surface area contributed by atoms with Crippen LogP contribution in [0.25, 0.3) is 0 Å². The zero-order valence-corrected chi connectivity index (χ0v) is 15.6. The van der Waals surface area contributed by atoms with E-state index in [1.54, 1.807) is 0 Å². The lowest BCUT2D eigenvalue weighted by Gasteiger charge is -2.35. The van der Waals surface area contributed by atoms with Gasteiger partial charge in [-0.05, 0) is 30.7 Å². The number of anilines is 1. The fourth-order valence-corrected chi connectivity index (χ4v) is 3.08. The topological polar surface area (TPSA) is 27.7 Å². The lowest BCUT2D eigenvalue weighted by Crippen LogP contribution is -2.46. The molecule has 24 heavy (non-hydrogen) atoms. The Balaban J connectivity index is 1.60. The summed E-state index contributed by atoms with van der Waals surface area (Å²) < 4.78 is 5.62. The summed E-state index contributed by atoms with van der Waals surface area (Å²) in [6, 6.07) is 9.02. The maximum Gasteiger partial charge on any atom is 0.0591 e. The Hall–Kier alpha value is -1.10. The van der Waals surface area contributed by atoms with E-state index in [-0.39, 0.29) is 0 Å². The molecule has 0 saturated carbocycles. The lowest BCUT2D eigenvalue weighted by atomic mass is 10.1. The van der Waals surface area contributed by atoms with Gasteiger partial charge in [0.1, 0.15) is 0 Å². The number of likely N-dealkylation sites (N-methyl/N-ethyl adjacent to an activating group) is 1. The first-order valence-corrected chi connectivity index (χ1v) is 9.68. The van der Waals surface area contributed by atoms with Crippen molar-refractivity contribution in [1.29, 1.82) is 0 Å². The van der Waals surface area contributed by atoms with Crippen molar-refractivity contribution in [1.82, 2.24) is 10.2 Å². The highest BCUT2D eigenvalue weighted by Gasteiger charge is 2.15. The number of hydrogen-bond acceptors (Lipinski definition) is 4. The van der Waals surface area contributed by atoms with Gasteiger partial charge in [0.15, 0.2) is 0 Å². The maximum atomic E-state index is 5.62. The highest BCUT2D eigenvalue weighted by Crippen LogP contribution is 2.17. The first-order valence-electron chi connectivity index (χ1n) is 9.68. The highest BCUT2D eigenvalue weighted by molar-refractivity contribution is 5.48. The summed E-state index contributed by atoms with van der Waals surface area (Å²) in [7, 11) is 0. The maximum absolute atomic E-state index is 5.62. The molecule has 1 saturated heterocycles. The van der Waals surface area contributed by atoms with Crippen LogP contribution in [0.5, 0.6) is 0 Å². The molecule has 1 N–H and O–H groups in total. The van der Waals surface area contributed by atoms with E-state index < -0.39 is 0 Å². The Kier molecular flexibility index (Phi) is 9.18. The van der Waals surface area contributed by atoms with E-state index in [4.69, 9.17) is 4.74 Å². The van der Waals surface area contributed by atoms with Crippen molar-refractivity contribution in [2.75, 3.05) is 57.4 Å². The molecule has 4 nitrogen and oxygen atoms in total. The average molecular weight is 334 g/mol. The monoisotopic (exact) mass is 333 g/mol. The van der Waals surface area contributed by atoms with Crippen LogP contribution in [0.4, 0.5) is 5.69 Å². The van der Waals surface area contributed by atoms with E-state index in [1.165, 1.54) is 50.1 Å². The number of nitrogens with zero attached hydrogens (tertiary/aromatic N) is 2. The second-order valence-corrected chi connectivity index (χ2v) is 6.58. The van der Waals surface area contributed by atoms with Crippen LogP contribution in [-0.4, -0.2) is 57.4 Å². The average Bonchev–Trinajstić information content (AvgIpc) is 2.64. The second-order valence-electron chi connectivity index (χ2n) is 6.58. The fourth-order valence-electron chi connectivity index (χ4n) is 3.08. The van der Waals surface area contributed by atoms with Crippen LogP contribution in [-0.2, 0) is 11.3 Å². The molecule has 0 spiro atoms. The Morgan fingerprint density at radius 3 is 2.38 bits per heavy atom. The molecule has 1 aromatic carbocycles. The summed E-state index contributed by atoms with van der Waals surface area (Å²) in [5.41, 5.74) is 2.70. The van der Waals surface area contributed by atoms with E-state index in [9.17, 15) is 0 Å². The van der Waals surface area contributed by atoms with Gasteiger partial charge in [-0.1, -0.05) is 38.8 Å². The number of hydrogen-bond donors (Lipinski definition) is 1. The predicted molar refractivity (Wildman–Crippen MR) is 103 cm³/mol. The van der Waals surface area contributed by atoms with Crippen molar-refractivity contribution in [3.63, 3.8) is 0 Å². The van der Waals surface area contributed by atoms with Crippen LogP contribution >= 0.6 is 0 Å². The second kappa shape index (κ2) is 11.5. The summed E-state index contributed by atoms with van der Waals surface area (Å²) in [5.74, 6) is 0. The van der Waals surface area contributed by atoms with Crippen LogP contribution in [0, 0.1) is 0 Å². The molecule has 0 bridgehead atoms. The molecule has 0 radical (unpaired) electrons. The Bertz CT molecular complexity index is 427. The van der Waals surface area contributed by atoms with Crippen molar-refractivity contribution < 1.29 is 4.74 Å². The fraction of sp³-hybridized carbons (Fsp3) is 0.700. The van der Waals surface area contributed by atoms with Crippen molar-refractivity contribution in [3.05, 3.63) is 29.8 Å². The van der Waals surface area contributed by atoms with E-state index in [0.717, 1.165) is 39.4 Å². The molecule has 4 heteroatoms. The van der Waals surface area contributed by atoms with Crippen LogP contribution in [0.15, 0.2) is 24.3 Å². The number of unbranched alkanes of at least 4 members (excludes halogenated alkanes) is 2. The molecule has 1 aliphatic rings. The zero-order chi connectivity index (χ0) is 17.0. The van der Waals surface area contributed by atoms with Crippen molar-refractivity contribution in [2.45, 2.75) is 39.7 Å². The third kappa shape index (κ3) is 6.80. The third-order valence-corrected chi connectivity index (χ3v) is 4.77. The Morgan fingerprint density at radius 1 is 0.958 bits per heavy atom. The molecular formula is C20H35N3O. The minimum atomic E-state index is 0.809. The molecule has 1 aromatic rings. The van der Waals surface area contributed by atoms with Gasteiger partial charge in [0.05, 0.1) is 6.61 Å². The molecule has 2 rings (SSSR count). The molecule has 0 aromatic heterocycles. The number of benzene rings is 1. The highest BCUT2D eigenvalue weighted by atomic mass is 16.5. The van der Waals surface area contributed by atoms with Crippen LogP contribution in [0.3, 0.4) is 0 Å². The smallest absolute Gasteiger partial charge is 0.0591 e. The van der Waals surface area contributed by atoms with E-state index in [0.29, 0.717) is 0 Å². The van der Waals surface area contributed by atoms with Crippen molar-refractivity contribution in [2.24, 2.45) is 0 Å². The van der Waals surface area contributed by atoms with Crippen molar-refractivity contribution >= 4 is 5.69 Å². The number of piperazine rings is 1. The molecule has 136 valence electrons. The first kappa shape index (κ1) is 19.2. The minimum Gasteiger partial charge on any atom is -0.380 e. The first-order chi connectivity index (χ1) is 11.8. The van der Waals surface area contributed by atoms with Gasteiger partial charge in [0, 0.05) is 51.6 Å². The van der Waals surface area contributed by atoms with Gasteiger partial charge in [-0.25, -0.2) is 0 Å². The van der Waals surface area contributed by atoms with Gasteiger partial charge in [0.2, 0.25) is 0 Å². The summed E-state index contributed by atoms with van der Waals surface area (Å²) in [4.78, 5) is 5.01. The predicted octanol–water partition coefficient (Wildman–Crippen LogP) is 3.12. The largest absolute Gasteiger partial charge is 0.380 e. The third-order valence-electron chi connectivity index (χ3n) is 4.77. The van der Waals surface area contributed by atoms with Crippen LogP contribution in [0.2, 0.25) is 0 Å². The zero-order valence-electron chi connectivity index (χ0n) is 15.6. The Morgan fingerprint density at radius 2 is 1.71 bits per heavy atom. The quantitative estimate of drug-likeness (QED) is 0.630. The van der Waals surface area contributed by atoms with E-state index >= 15 is 0 Å². The molecule has 0 aliphatic carbocycles. The van der Waals surface area contributed by atoms with Crippen molar-refractivity contribution in [3.8, 4) is 0 Å². The summed E-state index contributed by atoms with van der Waals surface area (Å²) in [5, 5.41) is 3.46. The summed E-state index contributed by atoms with van der Waals surface area (Å²) in [6.07, 6.45) is 3.71. The van der Waals surface area contributed by atoms with Gasteiger partial charge in [0.25, 0.3) is 0 Å². The van der Waals surface area contributed by atoms with Gasteiger partial charge in [-0.15, -0.1) is 0 Å². The van der Waals surface area contributed by atoms with E-state index in [2.05, 4.69) is 53.2 Å². The summed E-state index contributed by atoms with van der Waals surface area (Å²) in [6.45, 7) is 13.8. The molecular weight excluding hydrogens is 298 g/mol.